The highest BCUT2D eigenvalue weighted by Gasteiger charge is 2.10. The van der Waals surface area contributed by atoms with Gasteiger partial charge in [0.25, 0.3) is 0 Å². The second kappa shape index (κ2) is 11.2. The van der Waals surface area contributed by atoms with Gasteiger partial charge in [-0.3, -0.25) is 0 Å². The van der Waals surface area contributed by atoms with Crippen molar-refractivity contribution in [2.75, 3.05) is 33.9 Å². The number of halogens is 1. The van der Waals surface area contributed by atoms with Crippen LogP contribution in [0.1, 0.15) is 17.3 Å². The van der Waals surface area contributed by atoms with E-state index in [1.165, 1.54) is 0 Å². The third kappa shape index (κ3) is 6.29. The molecule has 0 fully saturated rings. The normalized spacial score (nSPS) is 11.7. The van der Waals surface area contributed by atoms with E-state index >= 15 is 0 Å². The number of ether oxygens (including phenoxy) is 2. The Morgan fingerprint density at radius 2 is 1.74 bits per heavy atom. The number of hydrogen-bond donors (Lipinski definition) is 0. The molecule has 0 N–H and O–H groups in total. The van der Waals surface area contributed by atoms with E-state index in [2.05, 4.69) is 0 Å². The third-order valence-electron chi connectivity index (χ3n) is 5.28. The smallest absolute Gasteiger partial charge is 0.338 e. The lowest BCUT2D eigenvalue weighted by Gasteiger charge is -2.10. The number of rotatable bonds is 8. The number of fused-ring (bicyclic) bond motifs is 1. The van der Waals surface area contributed by atoms with Crippen molar-refractivity contribution in [2.24, 2.45) is 4.99 Å². The molecule has 7 heteroatoms. The van der Waals surface area contributed by atoms with Crippen LogP contribution in [0.2, 0.25) is 5.02 Å². The molecular weight excluding hydrogens is 464 g/mol. The summed E-state index contributed by atoms with van der Waals surface area (Å²) in [7, 11) is 3.86. The van der Waals surface area contributed by atoms with Crippen molar-refractivity contribution in [3.63, 3.8) is 0 Å². The summed E-state index contributed by atoms with van der Waals surface area (Å²) in [4.78, 5) is 19.1. The zero-order chi connectivity index (χ0) is 24.8. The Morgan fingerprint density at radius 1 is 1.00 bits per heavy atom. The van der Waals surface area contributed by atoms with Gasteiger partial charge in [-0.2, -0.15) is 0 Å². The fourth-order valence-electron chi connectivity index (χ4n) is 3.47. The predicted molar refractivity (Wildman–Crippen MR) is 138 cm³/mol. The van der Waals surface area contributed by atoms with Crippen molar-refractivity contribution < 1.29 is 18.7 Å². The molecule has 0 amide bonds. The Kier molecular flexibility index (Phi) is 7.85. The Bertz CT molecular complexity index is 1380. The van der Waals surface area contributed by atoms with Crippen LogP contribution in [0.3, 0.4) is 0 Å². The highest BCUT2D eigenvalue weighted by atomic mass is 35.5. The first-order valence-electron chi connectivity index (χ1n) is 11.4. The van der Waals surface area contributed by atoms with E-state index in [4.69, 9.17) is 30.5 Å². The fraction of sp³-hybridized carbons (Fsp3) is 0.214. The summed E-state index contributed by atoms with van der Waals surface area (Å²) in [6.45, 7) is 3.51. The van der Waals surface area contributed by atoms with Gasteiger partial charge >= 0.3 is 5.97 Å². The van der Waals surface area contributed by atoms with Crippen molar-refractivity contribution in [3.8, 4) is 17.1 Å². The summed E-state index contributed by atoms with van der Waals surface area (Å²) in [5.74, 6) is 1.05. The highest BCUT2D eigenvalue weighted by Crippen LogP contribution is 2.26. The molecule has 4 rings (SSSR count). The molecule has 0 aliphatic carbocycles. The van der Waals surface area contributed by atoms with Crippen molar-refractivity contribution in [3.05, 3.63) is 88.7 Å². The summed E-state index contributed by atoms with van der Waals surface area (Å²) in [5.41, 5.74) is 2.75. The lowest BCUT2D eigenvalue weighted by Crippen LogP contribution is -2.20. The molecule has 0 atom stereocenters. The number of benzene rings is 3. The van der Waals surface area contributed by atoms with Gasteiger partial charge < -0.3 is 18.8 Å². The van der Waals surface area contributed by atoms with Gasteiger partial charge in [-0.15, -0.1) is 0 Å². The van der Waals surface area contributed by atoms with E-state index in [-0.39, 0.29) is 5.97 Å². The molecule has 0 unspecified atom stereocenters. The lowest BCUT2D eigenvalue weighted by atomic mass is 10.1. The van der Waals surface area contributed by atoms with Crippen LogP contribution in [0, 0.1) is 0 Å². The van der Waals surface area contributed by atoms with Gasteiger partial charge in [-0.1, -0.05) is 11.6 Å². The first-order valence-corrected chi connectivity index (χ1v) is 11.7. The number of carbonyl (C=O) groups excluding carboxylic acids is 1. The average molecular weight is 491 g/mol. The van der Waals surface area contributed by atoms with E-state index in [9.17, 15) is 4.79 Å². The molecule has 0 saturated carbocycles. The minimum absolute atomic E-state index is 0.340. The molecular formula is C28H27ClN2O4. The van der Waals surface area contributed by atoms with Gasteiger partial charge in [0.2, 0.25) is 0 Å². The zero-order valence-corrected chi connectivity index (χ0v) is 20.7. The van der Waals surface area contributed by atoms with E-state index in [0.717, 1.165) is 22.1 Å². The number of esters is 1. The summed E-state index contributed by atoms with van der Waals surface area (Å²) >= 11 is 6.06. The lowest BCUT2D eigenvalue weighted by molar-refractivity contribution is 0.0482. The Morgan fingerprint density at radius 3 is 2.43 bits per heavy atom. The van der Waals surface area contributed by atoms with Crippen molar-refractivity contribution in [1.82, 2.24) is 4.90 Å². The van der Waals surface area contributed by atoms with E-state index in [1.54, 1.807) is 24.3 Å². The maximum atomic E-state index is 12.3. The van der Waals surface area contributed by atoms with E-state index in [0.29, 0.717) is 47.4 Å². The van der Waals surface area contributed by atoms with Crippen LogP contribution < -0.4 is 10.1 Å². The third-order valence-corrected chi connectivity index (χ3v) is 5.53. The molecule has 1 aromatic heterocycles. The number of nitrogens with zero attached hydrogens (tertiary/aromatic N) is 2. The fourth-order valence-corrected chi connectivity index (χ4v) is 3.59. The van der Waals surface area contributed by atoms with E-state index < -0.39 is 0 Å². The van der Waals surface area contributed by atoms with Crippen molar-refractivity contribution in [2.45, 2.75) is 6.92 Å². The van der Waals surface area contributed by atoms with Crippen LogP contribution >= 0.6 is 11.6 Å². The second-order valence-corrected chi connectivity index (χ2v) is 8.63. The molecule has 180 valence electrons. The zero-order valence-electron chi connectivity index (χ0n) is 20.0. The average Bonchev–Trinajstić information content (AvgIpc) is 2.85. The van der Waals surface area contributed by atoms with Crippen LogP contribution in [0.25, 0.3) is 22.3 Å². The molecule has 0 saturated heterocycles. The molecule has 3 aromatic carbocycles. The van der Waals surface area contributed by atoms with Gasteiger partial charge in [0.15, 0.2) is 0 Å². The Hall–Kier alpha value is -3.61. The summed E-state index contributed by atoms with van der Waals surface area (Å²) in [5, 5.41) is 2.20. The van der Waals surface area contributed by atoms with Crippen LogP contribution in [-0.2, 0) is 4.74 Å². The SMILES string of the molecule is CCOc1ccc2oc(-c3ccc(Cl)cc3)cc(=Nc3ccc(C(=O)OCCN(C)C)cc3)c2c1. The number of carbonyl (C=O) groups is 1. The molecule has 0 spiro atoms. The molecule has 0 bridgehead atoms. The predicted octanol–water partition coefficient (Wildman–Crippen LogP) is 6.10. The largest absolute Gasteiger partial charge is 0.494 e. The molecule has 0 radical (unpaired) electrons. The van der Waals surface area contributed by atoms with E-state index in [1.807, 2.05) is 74.4 Å². The minimum atomic E-state index is -0.353. The number of likely N-dealkylation sites (N-methyl/N-ethyl adjacent to an activating group) is 1. The minimum Gasteiger partial charge on any atom is -0.494 e. The Balaban J connectivity index is 1.72. The van der Waals surface area contributed by atoms with Gasteiger partial charge in [0.05, 0.1) is 23.2 Å². The van der Waals surface area contributed by atoms with Crippen LogP contribution in [0.15, 0.2) is 82.2 Å². The highest BCUT2D eigenvalue weighted by molar-refractivity contribution is 6.30. The standard InChI is InChI=1S/C28H27ClN2O4/c1-4-33-23-13-14-26-24(17-23)25(18-27(35-26)19-5-9-21(29)10-6-19)30-22-11-7-20(8-12-22)28(32)34-16-15-31(2)3/h5-14,17-18H,4,15-16H2,1-3H3. The maximum Gasteiger partial charge on any atom is 0.338 e. The Labute approximate surface area is 209 Å². The first kappa shape index (κ1) is 24.5. The van der Waals surface area contributed by atoms with Crippen LogP contribution in [0.5, 0.6) is 5.75 Å². The quantitative estimate of drug-likeness (QED) is 0.279. The molecule has 0 aliphatic heterocycles. The molecule has 4 aromatic rings. The first-order chi connectivity index (χ1) is 16.9. The van der Waals surface area contributed by atoms with Crippen molar-refractivity contribution in [1.29, 1.82) is 0 Å². The summed E-state index contributed by atoms with van der Waals surface area (Å²) in [6.07, 6.45) is 0. The topological polar surface area (TPSA) is 64.3 Å². The second-order valence-electron chi connectivity index (χ2n) is 8.19. The summed E-state index contributed by atoms with van der Waals surface area (Å²) in [6, 6.07) is 22.1. The van der Waals surface area contributed by atoms with Gasteiger partial charge in [0, 0.05) is 28.6 Å². The summed E-state index contributed by atoms with van der Waals surface area (Å²) < 4.78 is 17.2. The number of hydrogen-bond acceptors (Lipinski definition) is 6. The molecule has 1 heterocycles. The monoisotopic (exact) mass is 490 g/mol. The maximum absolute atomic E-state index is 12.3. The van der Waals surface area contributed by atoms with Gasteiger partial charge in [-0.05, 0) is 87.7 Å². The van der Waals surface area contributed by atoms with Crippen LogP contribution in [-0.4, -0.2) is 44.7 Å². The van der Waals surface area contributed by atoms with Crippen molar-refractivity contribution >= 4 is 34.2 Å². The van der Waals surface area contributed by atoms with Gasteiger partial charge in [0.1, 0.15) is 23.7 Å². The van der Waals surface area contributed by atoms with Crippen LogP contribution in [0.4, 0.5) is 5.69 Å². The molecule has 0 aliphatic rings. The van der Waals surface area contributed by atoms with Gasteiger partial charge in [-0.25, -0.2) is 9.79 Å². The molecule has 6 nitrogen and oxygen atoms in total. The molecule has 35 heavy (non-hydrogen) atoms.